The monoisotopic (exact) mass is 511 g/mol. The zero-order valence-electron chi connectivity index (χ0n) is 20.4. The number of carbonyl (C=O) groups is 4. The summed E-state index contributed by atoms with van der Waals surface area (Å²) in [6.45, 7) is 4.63. The minimum atomic E-state index is -5.13. The summed E-state index contributed by atoms with van der Waals surface area (Å²) in [5.74, 6) is -4.20. The van der Waals surface area contributed by atoms with Crippen LogP contribution in [-0.2, 0) is 19.2 Å². The number of hydrogen-bond acceptors (Lipinski definition) is 5. The molecule has 1 unspecified atom stereocenters. The summed E-state index contributed by atoms with van der Waals surface area (Å²) in [6, 6.07) is -1.28. The maximum absolute atomic E-state index is 13.5. The Morgan fingerprint density at radius 3 is 2.42 bits per heavy atom. The minimum absolute atomic E-state index is 0.0129. The van der Waals surface area contributed by atoms with Crippen LogP contribution in [0.1, 0.15) is 52.4 Å². The van der Waals surface area contributed by atoms with Crippen LogP contribution in [0.15, 0.2) is 0 Å². The highest BCUT2D eigenvalue weighted by molar-refractivity contribution is 5.94. The number of piperidine rings is 1. The van der Waals surface area contributed by atoms with Gasteiger partial charge in [0.05, 0.1) is 6.07 Å². The number of likely N-dealkylation sites (tertiary alicyclic amines) is 1. The van der Waals surface area contributed by atoms with Crippen molar-refractivity contribution in [1.29, 1.82) is 5.26 Å². The first kappa shape index (κ1) is 26.2. The Hall–Kier alpha value is -2.84. The van der Waals surface area contributed by atoms with Gasteiger partial charge in [0.15, 0.2) is 0 Å². The van der Waals surface area contributed by atoms with Crippen molar-refractivity contribution in [3.05, 3.63) is 0 Å². The van der Waals surface area contributed by atoms with Crippen LogP contribution in [0.4, 0.5) is 13.2 Å². The molecule has 4 amide bonds. The molecule has 12 heteroatoms. The fourth-order valence-corrected chi connectivity index (χ4v) is 6.09. The maximum Gasteiger partial charge on any atom is 0.471 e. The van der Waals surface area contributed by atoms with E-state index in [9.17, 15) is 37.6 Å². The van der Waals surface area contributed by atoms with Crippen molar-refractivity contribution < 1.29 is 32.3 Å². The summed E-state index contributed by atoms with van der Waals surface area (Å²) in [6.07, 6.45) is -1.89. The first-order valence-corrected chi connectivity index (χ1v) is 12.5. The highest BCUT2D eigenvalue weighted by atomic mass is 19.4. The first-order valence-electron chi connectivity index (χ1n) is 12.5. The SMILES string of the molecule is CC1(C)[C@@H]2[C@@H](C(=O)N[C@H](C#N)CC3CCNC3=O)N(C(=O)[C@@H](CC3CCC3)NC(=O)C(F)(F)F)C[C@@H]21. The highest BCUT2D eigenvalue weighted by Gasteiger charge is 2.69. The van der Waals surface area contributed by atoms with E-state index in [0.717, 1.165) is 19.3 Å². The second-order valence-electron chi connectivity index (χ2n) is 11.1. The number of carbonyl (C=O) groups excluding carboxylic acids is 4. The van der Waals surface area contributed by atoms with Gasteiger partial charge in [-0.2, -0.15) is 18.4 Å². The largest absolute Gasteiger partial charge is 0.471 e. The number of nitrogens with zero attached hydrogens (tertiary/aromatic N) is 2. The Morgan fingerprint density at radius 2 is 1.89 bits per heavy atom. The molecule has 4 rings (SSSR count). The molecular weight excluding hydrogens is 479 g/mol. The van der Waals surface area contributed by atoms with Crippen molar-refractivity contribution in [1.82, 2.24) is 20.9 Å². The molecule has 0 spiro atoms. The lowest BCUT2D eigenvalue weighted by atomic mass is 9.80. The Labute approximate surface area is 207 Å². The predicted molar refractivity (Wildman–Crippen MR) is 119 cm³/mol. The second kappa shape index (κ2) is 9.56. The van der Waals surface area contributed by atoms with Crippen LogP contribution >= 0.6 is 0 Å². The number of nitrogens with one attached hydrogen (secondary N) is 3. The van der Waals surface area contributed by atoms with E-state index in [1.807, 2.05) is 25.2 Å². The lowest BCUT2D eigenvalue weighted by molar-refractivity contribution is -0.175. The summed E-state index contributed by atoms with van der Waals surface area (Å²) < 4.78 is 38.9. The fourth-order valence-electron chi connectivity index (χ4n) is 6.09. The van der Waals surface area contributed by atoms with Gasteiger partial charge in [-0.1, -0.05) is 33.1 Å². The van der Waals surface area contributed by atoms with Gasteiger partial charge in [0, 0.05) is 19.0 Å². The second-order valence-corrected chi connectivity index (χ2v) is 11.1. The van der Waals surface area contributed by atoms with E-state index in [-0.39, 0.29) is 48.5 Å². The number of hydrogen-bond donors (Lipinski definition) is 3. The number of alkyl halides is 3. The molecule has 0 bridgehead atoms. The smallest absolute Gasteiger partial charge is 0.356 e. The zero-order valence-corrected chi connectivity index (χ0v) is 20.4. The number of halogens is 3. The van der Waals surface area contributed by atoms with Gasteiger partial charge in [0.25, 0.3) is 0 Å². The summed E-state index contributed by atoms with van der Waals surface area (Å²) in [5, 5.41) is 16.8. The Bertz CT molecular complexity index is 974. The van der Waals surface area contributed by atoms with E-state index < -0.39 is 47.9 Å². The van der Waals surface area contributed by atoms with Crippen molar-refractivity contribution >= 4 is 23.6 Å². The standard InChI is InChI=1S/C24H32F3N5O4/c1-23(2)15-11-32(21(35)16(8-12-4-3-5-12)31-22(36)24(25,26)27)18(17(15)23)20(34)30-14(10-28)9-13-6-7-29-19(13)33/h12-18H,3-9,11H2,1-2H3,(H,29,33)(H,30,34)(H,31,36)/t13?,14-,15-,16+,17-,18-/m0/s1. The van der Waals surface area contributed by atoms with Gasteiger partial charge in [-0.3, -0.25) is 19.2 Å². The van der Waals surface area contributed by atoms with Crippen LogP contribution in [0.25, 0.3) is 0 Å². The zero-order chi connectivity index (χ0) is 26.4. The molecule has 0 radical (unpaired) electrons. The topological polar surface area (TPSA) is 131 Å². The third-order valence-corrected chi connectivity index (χ3v) is 8.57. The number of rotatable bonds is 8. The van der Waals surface area contributed by atoms with Crippen molar-refractivity contribution in [2.45, 2.75) is 76.7 Å². The molecule has 198 valence electrons. The van der Waals surface area contributed by atoms with Gasteiger partial charge in [-0.15, -0.1) is 0 Å². The van der Waals surface area contributed by atoms with Crippen molar-refractivity contribution in [3.8, 4) is 6.07 Å². The van der Waals surface area contributed by atoms with Crippen LogP contribution < -0.4 is 16.0 Å². The van der Waals surface area contributed by atoms with Crippen LogP contribution in [0, 0.1) is 40.4 Å². The van der Waals surface area contributed by atoms with Crippen LogP contribution in [0.2, 0.25) is 0 Å². The molecule has 9 nitrogen and oxygen atoms in total. The van der Waals surface area contributed by atoms with Crippen LogP contribution in [0.3, 0.4) is 0 Å². The normalized spacial score (nSPS) is 30.3. The molecule has 36 heavy (non-hydrogen) atoms. The average molecular weight is 512 g/mol. The van der Waals surface area contributed by atoms with E-state index in [0.29, 0.717) is 13.0 Å². The third kappa shape index (κ3) is 5.02. The maximum atomic E-state index is 13.5. The quantitative estimate of drug-likeness (QED) is 0.451. The van der Waals surface area contributed by atoms with Gasteiger partial charge < -0.3 is 20.9 Å². The van der Waals surface area contributed by atoms with Crippen LogP contribution in [-0.4, -0.2) is 65.9 Å². The molecular formula is C24H32F3N5O4. The Kier molecular flexibility index (Phi) is 6.96. The molecule has 4 fully saturated rings. The van der Waals surface area contributed by atoms with E-state index in [2.05, 4.69) is 10.6 Å². The number of fused-ring (bicyclic) bond motifs is 1. The molecule has 2 saturated heterocycles. The van der Waals surface area contributed by atoms with Gasteiger partial charge in [0.1, 0.15) is 18.1 Å². The van der Waals surface area contributed by atoms with E-state index in [4.69, 9.17) is 0 Å². The molecule has 3 N–H and O–H groups in total. The van der Waals surface area contributed by atoms with Gasteiger partial charge in [0.2, 0.25) is 17.7 Å². The molecule has 2 heterocycles. The van der Waals surface area contributed by atoms with E-state index in [1.54, 1.807) is 0 Å². The molecule has 0 aromatic rings. The summed E-state index contributed by atoms with van der Waals surface area (Å²) in [7, 11) is 0. The summed E-state index contributed by atoms with van der Waals surface area (Å²) in [5.41, 5.74) is -0.245. The minimum Gasteiger partial charge on any atom is -0.356 e. The van der Waals surface area contributed by atoms with Gasteiger partial charge in [-0.25, -0.2) is 0 Å². The third-order valence-electron chi connectivity index (χ3n) is 8.57. The van der Waals surface area contributed by atoms with Crippen LogP contribution in [0.5, 0.6) is 0 Å². The van der Waals surface area contributed by atoms with E-state index >= 15 is 0 Å². The molecule has 4 aliphatic rings. The summed E-state index contributed by atoms with van der Waals surface area (Å²) in [4.78, 5) is 51.8. The van der Waals surface area contributed by atoms with Gasteiger partial charge >= 0.3 is 12.1 Å². The molecule has 6 atom stereocenters. The first-order chi connectivity index (χ1) is 16.8. The van der Waals surface area contributed by atoms with Crippen molar-refractivity contribution in [2.75, 3.05) is 13.1 Å². The number of amides is 4. The van der Waals surface area contributed by atoms with Gasteiger partial charge in [-0.05, 0) is 42.4 Å². The predicted octanol–water partition coefficient (Wildman–Crippen LogP) is 1.24. The Morgan fingerprint density at radius 1 is 1.19 bits per heavy atom. The fraction of sp³-hybridized carbons (Fsp3) is 0.792. The molecule has 0 aromatic heterocycles. The average Bonchev–Trinajstić information content (AvgIpc) is 3.13. The Balaban J connectivity index is 1.50. The number of nitriles is 1. The van der Waals surface area contributed by atoms with Crippen molar-refractivity contribution in [2.24, 2.45) is 29.1 Å². The lowest BCUT2D eigenvalue weighted by Crippen LogP contribution is -2.58. The lowest BCUT2D eigenvalue weighted by Gasteiger charge is -2.36. The molecule has 2 saturated carbocycles. The summed E-state index contributed by atoms with van der Waals surface area (Å²) >= 11 is 0. The highest BCUT2D eigenvalue weighted by Crippen LogP contribution is 2.65. The van der Waals surface area contributed by atoms with Crippen molar-refractivity contribution in [3.63, 3.8) is 0 Å². The van der Waals surface area contributed by atoms with E-state index in [1.165, 1.54) is 4.90 Å². The molecule has 0 aromatic carbocycles. The molecule has 2 aliphatic carbocycles. The molecule has 2 aliphatic heterocycles.